The second kappa shape index (κ2) is 11.0. The van der Waals surface area contributed by atoms with E-state index in [4.69, 9.17) is 8.92 Å². The number of piperazine rings is 1. The van der Waals surface area contributed by atoms with E-state index in [1.807, 2.05) is 6.07 Å². The summed E-state index contributed by atoms with van der Waals surface area (Å²) in [6.07, 6.45) is 1.28. The first kappa shape index (κ1) is 26.8. The average Bonchev–Trinajstić information content (AvgIpc) is 3.24. The summed E-state index contributed by atoms with van der Waals surface area (Å²) in [6, 6.07) is 8.14. The molecule has 13 heteroatoms. The highest BCUT2D eigenvalue weighted by Gasteiger charge is 2.36. The van der Waals surface area contributed by atoms with Crippen molar-refractivity contribution in [2.45, 2.75) is 13.2 Å². The number of carbonyl (C=O) groups is 2. The number of hydrogen-bond donors (Lipinski definition) is 0. The lowest BCUT2D eigenvalue weighted by Gasteiger charge is -2.35. The largest absolute Gasteiger partial charge is 0.423 e. The zero-order chi connectivity index (χ0) is 26.7. The van der Waals surface area contributed by atoms with Crippen molar-refractivity contribution in [1.29, 1.82) is 0 Å². The highest BCUT2D eigenvalue weighted by molar-refractivity contribution is 7.85. The van der Waals surface area contributed by atoms with Gasteiger partial charge in [0.15, 0.2) is 6.23 Å². The Hall–Kier alpha value is -3.29. The Morgan fingerprint density at radius 3 is 2.54 bits per heavy atom. The van der Waals surface area contributed by atoms with Crippen LogP contribution in [-0.4, -0.2) is 101 Å². The molecule has 0 bridgehead atoms. The van der Waals surface area contributed by atoms with Gasteiger partial charge < -0.3 is 14.5 Å². The normalized spacial score (nSPS) is 18.7. The number of cyclic esters (lactones) is 1. The summed E-state index contributed by atoms with van der Waals surface area (Å²) in [4.78, 5) is 35.2. The second-order valence-corrected chi connectivity index (χ2v) is 10.6. The maximum atomic E-state index is 15.0. The van der Waals surface area contributed by atoms with Gasteiger partial charge >= 0.3 is 6.09 Å². The van der Waals surface area contributed by atoms with E-state index in [9.17, 15) is 18.0 Å². The van der Waals surface area contributed by atoms with Gasteiger partial charge in [0.05, 0.1) is 25.1 Å². The summed E-state index contributed by atoms with van der Waals surface area (Å²) in [5, 5.41) is 0. The fourth-order valence-electron chi connectivity index (χ4n) is 4.22. The molecule has 2 aromatic rings. The van der Waals surface area contributed by atoms with Gasteiger partial charge in [-0.3, -0.25) is 18.8 Å². The topological polar surface area (TPSA) is 113 Å². The number of anilines is 2. The lowest BCUT2D eigenvalue weighted by Crippen LogP contribution is -2.47. The van der Waals surface area contributed by atoms with Crippen LogP contribution in [0.3, 0.4) is 0 Å². The van der Waals surface area contributed by atoms with E-state index >= 15 is 4.39 Å². The van der Waals surface area contributed by atoms with Crippen molar-refractivity contribution >= 4 is 33.6 Å². The molecule has 11 nitrogen and oxygen atoms in total. The number of halogens is 1. The number of ether oxygens (including phenoxy) is 1. The molecule has 1 aromatic heterocycles. The molecule has 0 spiro atoms. The number of nitrogens with zero attached hydrogens (tertiary/aromatic N) is 5. The standard InChI is InChI=1S/C24H30FN5O6S/c1-17(31)27(2)23-16-30(24(32)36-23)19-5-6-20(21(25)14-19)18-4-7-22(26-15-18)29-10-8-28(9-11-29)12-13-35-37(3,33)34/h4-7,14-15,23H,8-13,16H2,1-3H3/t23-/m0/s1. The number of benzene rings is 1. The van der Waals surface area contributed by atoms with Crippen LogP contribution in [0.15, 0.2) is 36.5 Å². The molecular weight excluding hydrogens is 505 g/mol. The zero-order valence-corrected chi connectivity index (χ0v) is 21.8. The molecule has 1 atom stereocenters. The van der Waals surface area contributed by atoms with Crippen LogP contribution in [-0.2, 0) is 23.8 Å². The Bertz CT molecular complexity index is 1250. The maximum absolute atomic E-state index is 15.0. The Morgan fingerprint density at radius 1 is 1.22 bits per heavy atom. The van der Waals surface area contributed by atoms with Crippen molar-refractivity contribution in [3.8, 4) is 11.1 Å². The van der Waals surface area contributed by atoms with Crippen LogP contribution in [0.2, 0.25) is 0 Å². The predicted molar refractivity (Wildman–Crippen MR) is 135 cm³/mol. The van der Waals surface area contributed by atoms with Crippen molar-refractivity contribution in [3.05, 3.63) is 42.3 Å². The van der Waals surface area contributed by atoms with Crippen LogP contribution in [0.1, 0.15) is 6.92 Å². The zero-order valence-electron chi connectivity index (χ0n) is 21.0. The van der Waals surface area contributed by atoms with Gasteiger partial charge in [0.2, 0.25) is 5.91 Å². The molecule has 0 N–H and O–H groups in total. The number of carbonyl (C=O) groups excluding carboxylic acids is 2. The minimum Gasteiger partial charge on any atom is -0.423 e. The van der Waals surface area contributed by atoms with Crippen LogP contribution in [0, 0.1) is 5.82 Å². The van der Waals surface area contributed by atoms with Crippen LogP contribution < -0.4 is 9.80 Å². The monoisotopic (exact) mass is 535 g/mol. The summed E-state index contributed by atoms with van der Waals surface area (Å²) in [6.45, 7) is 5.09. The van der Waals surface area contributed by atoms with Gasteiger partial charge in [-0.25, -0.2) is 14.2 Å². The Labute approximate surface area is 215 Å². The Kier molecular flexibility index (Phi) is 7.95. The highest BCUT2D eigenvalue weighted by Crippen LogP contribution is 2.30. The summed E-state index contributed by atoms with van der Waals surface area (Å²) in [5.74, 6) is 0.0274. The van der Waals surface area contributed by atoms with Crippen molar-refractivity contribution in [1.82, 2.24) is 14.8 Å². The molecule has 1 aromatic carbocycles. The Morgan fingerprint density at radius 2 is 1.95 bits per heavy atom. The fraction of sp³-hybridized carbons (Fsp3) is 0.458. The van der Waals surface area contributed by atoms with Crippen molar-refractivity contribution in [2.75, 3.05) is 69.0 Å². The fourth-order valence-corrected chi connectivity index (χ4v) is 4.60. The highest BCUT2D eigenvalue weighted by atomic mass is 32.2. The molecule has 2 amide bonds. The van der Waals surface area contributed by atoms with E-state index in [2.05, 4.69) is 14.8 Å². The lowest BCUT2D eigenvalue weighted by atomic mass is 10.1. The molecule has 2 fully saturated rings. The molecule has 200 valence electrons. The van der Waals surface area contributed by atoms with Gasteiger partial charge in [-0.1, -0.05) is 0 Å². The van der Waals surface area contributed by atoms with Crippen LogP contribution in [0.25, 0.3) is 11.1 Å². The summed E-state index contributed by atoms with van der Waals surface area (Å²) >= 11 is 0. The number of rotatable bonds is 8. The first-order chi connectivity index (χ1) is 17.5. The third-order valence-corrected chi connectivity index (χ3v) is 7.04. The van der Waals surface area contributed by atoms with Crippen LogP contribution in [0.5, 0.6) is 0 Å². The SMILES string of the molecule is CC(=O)N(C)[C@@H]1CN(c2ccc(-c3ccc(N4CCN(CCOS(C)(=O)=O)CC4)nc3)c(F)c2)C(=O)O1. The van der Waals surface area contributed by atoms with E-state index in [1.54, 1.807) is 31.4 Å². The van der Waals surface area contributed by atoms with Crippen LogP contribution in [0.4, 0.5) is 20.7 Å². The summed E-state index contributed by atoms with van der Waals surface area (Å²) in [5.41, 5.74) is 1.29. The minimum atomic E-state index is -3.44. The molecule has 0 unspecified atom stereocenters. The van der Waals surface area contributed by atoms with Gasteiger partial charge in [0.1, 0.15) is 11.6 Å². The van der Waals surface area contributed by atoms with E-state index in [0.717, 1.165) is 38.3 Å². The molecule has 2 aliphatic rings. The van der Waals surface area contributed by atoms with Gasteiger partial charge in [0, 0.05) is 64.0 Å². The smallest absolute Gasteiger partial charge is 0.416 e. The summed E-state index contributed by atoms with van der Waals surface area (Å²) in [7, 11) is -1.89. The third kappa shape index (κ3) is 6.53. The minimum absolute atomic E-state index is 0.113. The van der Waals surface area contributed by atoms with Crippen molar-refractivity contribution in [2.24, 2.45) is 0 Å². The third-order valence-electron chi connectivity index (χ3n) is 6.45. The van der Waals surface area contributed by atoms with Gasteiger partial charge in [-0.15, -0.1) is 0 Å². The van der Waals surface area contributed by atoms with E-state index in [1.165, 1.54) is 22.8 Å². The second-order valence-electron chi connectivity index (χ2n) is 9.00. The van der Waals surface area contributed by atoms with Crippen molar-refractivity contribution in [3.63, 3.8) is 0 Å². The molecule has 2 aliphatic heterocycles. The number of amides is 2. The maximum Gasteiger partial charge on any atom is 0.416 e. The van der Waals surface area contributed by atoms with E-state index in [0.29, 0.717) is 23.4 Å². The number of aromatic nitrogens is 1. The molecule has 0 saturated carbocycles. The van der Waals surface area contributed by atoms with Crippen LogP contribution >= 0.6 is 0 Å². The van der Waals surface area contributed by atoms with Gasteiger partial charge in [0.25, 0.3) is 10.1 Å². The Balaban J connectivity index is 1.36. The van der Waals surface area contributed by atoms with E-state index in [-0.39, 0.29) is 19.1 Å². The molecule has 37 heavy (non-hydrogen) atoms. The number of likely N-dealkylation sites (N-methyl/N-ethyl adjacent to an activating group) is 1. The number of hydrogen-bond acceptors (Lipinski definition) is 9. The molecule has 0 aliphatic carbocycles. The van der Waals surface area contributed by atoms with Gasteiger partial charge in [-0.2, -0.15) is 8.42 Å². The number of pyridine rings is 1. The van der Waals surface area contributed by atoms with Gasteiger partial charge in [-0.05, 0) is 30.3 Å². The quantitative estimate of drug-likeness (QED) is 0.467. The average molecular weight is 536 g/mol. The molecule has 4 rings (SSSR count). The first-order valence-corrected chi connectivity index (χ1v) is 13.6. The summed E-state index contributed by atoms with van der Waals surface area (Å²) < 4.78 is 47.3. The predicted octanol–water partition coefficient (Wildman–Crippen LogP) is 1.75. The molecule has 2 saturated heterocycles. The first-order valence-electron chi connectivity index (χ1n) is 11.8. The van der Waals surface area contributed by atoms with E-state index < -0.39 is 28.3 Å². The molecular formula is C24H30FN5O6S. The lowest BCUT2D eigenvalue weighted by molar-refractivity contribution is -0.134. The van der Waals surface area contributed by atoms with Crippen molar-refractivity contribution < 1.29 is 31.3 Å². The molecule has 0 radical (unpaired) electrons. The molecule has 3 heterocycles.